The lowest BCUT2D eigenvalue weighted by molar-refractivity contribution is 0.0359. The molecule has 0 saturated heterocycles. The number of benzene rings is 1. The second-order valence-corrected chi connectivity index (χ2v) is 6.69. The van der Waals surface area contributed by atoms with E-state index in [1.54, 1.807) is 0 Å². The van der Waals surface area contributed by atoms with E-state index in [0.29, 0.717) is 6.42 Å². The number of carbonyl (C=O) groups is 2. The van der Waals surface area contributed by atoms with Crippen LogP contribution in [-0.4, -0.2) is 32.6 Å². The Morgan fingerprint density at radius 2 is 2.04 bits per heavy atom. The number of rotatable bonds is 3. The number of para-hydroxylation sites is 1. The number of hydrogen-bond donors (Lipinski definition) is 3. The summed E-state index contributed by atoms with van der Waals surface area (Å²) in [5.74, 6) is -0.905. The summed E-state index contributed by atoms with van der Waals surface area (Å²) in [5.41, 5.74) is 0.374. The van der Waals surface area contributed by atoms with Crippen LogP contribution in [0.3, 0.4) is 0 Å². The van der Waals surface area contributed by atoms with Crippen molar-refractivity contribution in [3.05, 3.63) is 47.5 Å². The standard InChI is InChI=1S/C18H19N3O4/c22-16(14-15(17(23)24)20-10-19-14)21-12-9-18(7-3-4-8-18)25-13-6-2-1-5-11(12)13/h1-2,5-6,10,12H,3-4,7-9H2,(H,19,20)(H,21,22)(H,23,24). The first-order valence-electron chi connectivity index (χ1n) is 8.43. The molecule has 3 N–H and O–H groups in total. The number of hydrogen-bond acceptors (Lipinski definition) is 4. The number of carboxylic acid groups (broad SMARTS) is 1. The Labute approximate surface area is 144 Å². The minimum Gasteiger partial charge on any atom is -0.487 e. The molecule has 4 rings (SSSR count). The molecule has 2 aromatic rings. The van der Waals surface area contributed by atoms with Crippen molar-refractivity contribution in [3.63, 3.8) is 0 Å². The molecule has 1 aliphatic heterocycles. The largest absolute Gasteiger partial charge is 0.487 e. The van der Waals surface area contributed by atoms with Gasteiger partial charge in [0.1, 0.15) is 11.4 Å². The van der Waals surface area contributed by atoms with Crippen molar-refractivity contribution in [1.29, 1.82) is 0 Å². The topological polar surface area (TPSA) is 104 Å². The Balaban J connectivity index is 1.63. The van der Waals surface area contributed by atoms with E-state index in [1.165, 1.54) is 6.33 Å². The number of aromatic amines is 1. The Kier molecular flexibility index (Phi) is 3.71. The van der Waals surface area contributed by atoms with Gasteiger partial charge in [-0.25, -0.2) is 9.78 Å². The Hall–Kier alpha value is -2.83. The minimum absolute atomic E-state index is 0.100. The molecule has 1 aromatic heterocycles. The molecule has 130 valence electrons. The Bertz CT molecular complexity index is 823. The Morgan fingerprint density at radius 1 is 1.28 bits per heavy atom. The minimum atomic E-state index is -1.21. The SMILES string of the molecule is O=C(NC1CC2(CCCC2)Oc2ccccc21)c1nc[nH]c1C(=O)O. The molecule has 1 spiro atoms. The van der Waals surface area contributed by atoms with Gasteiger partial charge in [0.05, 0.1) is 12.4 Å². The van der Waals surface area contributed by atoms with Crippen molar-refractivity contribution in [2.24, 2.45) is 0 Å². The summed E-state index contributed by atoms with van der Waals surface area (Å²) in [6.07, 6.45) is 6.07. The van der Waals surface area contributed by atoms with Crippen LogP contribution in [0.1, 0.15) is 64.7 Å². The number of nitrogens with one attached hydrogen (secondary N) is 2. The van der Waals surface area contributed by atoms with E-state index in [2.05, 4.69) is 15.3 Å². The van der Waals surface area contributed by atoms with E-state index >= 15 is 0 Å². The molecular weight excluding hydrogens is 322 g/mol. The van der Waals surface area contributed by atoms with Gasteiger partial charge >= 0.3 is 5.97 Å². The third-order valence-corrected chi connectivity index (χ3v) is 5.09. The summed E-state index contributed by atoms with van der Waals surface area (Å²) in [7, 11) is 0. The number of fused-ring (bicyclic) bond motifs is 1. The van der Waals surface area contributed by atoms with Gasteiger partial charge in [-0.05, 0) is 31.7 Å². The molecule has 1 aromatic carbocycles. The summed E-state index contributed by atoms with van der Waals surface area (Å²) in [6, 6.07) is 7.46. The molecular formula is C18H19N3O4. The first-order chi connectivity index (χ1) is 12.1. The fraction of sp³-hybridized carbons (Fsp3) is 0.389. The predicted molar refractivity (Wildman–Crippen MR) is 88.6 cm³/mol. The number of amides is 1. The number of carboxylic acids is 1. The fourth-order valence-corrected chi connectivity index (χ4v) is 3.93. The van der Waals surface area contributed by atoms with Gasteiger partial charge in [0, 0.05) is 12.0 Å². The van der Waals surface area contributed by atoms with Gasteiger partial charge in [0.15, 0.2) is 11.4 Å². The molecule has 1 saturated carbocycles. The summed E-state index contributed by atoms with van der Waals surface area (Å²) in [4.78, 5) is 30.2. The van der Waals surface area contributed by atoms with Crippen LogP contribution in [0, 0.1) is 0 Å². The highest BCUT2D eigenvalue weighted by atomic mass is 16.5. The van der Waals surface area contributed by atoms with E-state index in [-0.39, 0.29) is 23.0 Å². The number of ether oxygens (including phenoxy) is 1. The van der Waals surface area contributed by atoms with Crippen LogP contribution in [0.15, 0.2) is 30.6 Å². The molecule has 1 fully saturated rings. The summed E-state index contributed by atoms with van der Waals surface area (Å²) in [5, 5.41) is 12.1. The second kappa shape index (κ2) is 5.91. The van der Waals surface area contributed by atoms with Crippen LogP contribution in [0.4, 0.5) is 0 Å². The number of H-pyrrole nitrogens is 1. The lowest BCUT2D eigenvalue weighted by Crippen LogP contribution is -2.43. The highest BCUT2D eigenvalue weighted by Crippen LogP contribution is 2.47. The van der Waals surface area contributed by atoms with Crippen LogP contribution < -0.4 is 10.1 Å². The van der Waals surface area contributed by atoms with E-state index < -0.39 is 11.9 Å². The molecule has 0 bridgehead atoms. The molecule has 2 heterocycles. The first-order valence-corrected chi connectivity index (χ1v) is 8.43. The zero-order valence-electron chi connectivity index (χ0n) is 13.6. The highest BCUT2D eigenvalue weighted by molar-refractivity contribution is 6.02. The third-order valence-electron chi connectivity index (χ3n) is 5.09. The number of aromatic nitrogens is 2. The highest BCUT2D eigenvalue weighted by Gasteiger charge is 2.43. The molecule has 25 heavy (non-hydrogen) atoms. The van der Waals surface area contributed by atoms with Gasteiger partial charge in [-0.2, -0.15) is 0 Å². The lowest BCUT2D eigenvalue weighted by Gasteiger charge is -2.40. The van der Waals surface area contributed by atoms with Gasteiger partial charge in [0.25, 0.3) is 5.91 Å². The van der Waals surface area contributed by atoms with Crippen molar-refractivity contribution >= 4 is 11.9 Å². The molecule has 1 amide bonds. The Morgan fingerprint density at radius 3 is 2.80 bits per heavy atom. The maximum atomic E-state index is 12.6. The van der Waals surface area contributed by atoms with E-state index in [9.17, 15) is 9.59 Å². The fourth-order valence-electron chi connectivity index (χ4n) is 3.93. The molecule has 2 aliphatic rings. The smallest absolute Gasteiger partial charge is 0.354 e. The van der Waals surface area contributed by atoms with E-state index in [1.807, 2.05) is 24.3 Å². The van der Waals surface area contributed by atoms with Crippen molar-refractivity contribution in [2.75, 3.05) is 0 Å². The van der Waals surface area contributed by atoms with Gasteiger partial charge in [-0.15, -0.1) is 0 Å². The zero-order valence-corrected chi connectivity index (χ0v) is 13.6. The molecule has 7 heteroatoms. The van der Waals surface area contributed by atoms with Crippen LogP contribution in [0.5, 0.6) is 5.75 Å². The second-order valence-electron chi connectivity index (χ2n) is 6.69. The molecule has 1 atom stereocenters. The van der Waals surface area contributed by atoms with Gasteiger partial charge < -0.3 is 20.1 Å². The van der Waals surface area contributed by atoms with Crippen LogP contribution in [-0.2, 0) is 0 Å². The van der Waals surface area contributed by atoms with Crippen LogP contribution >= 0.6 is 0 Å². The van der Waals surface area contributed by atoms with Gasteiger partial charge in [-0.3, -0.25) is 4.79 Å². The van der Waals surface area contributed by atoms with Crippen molar-refractivity contribution in [2.45, 2.75) is 43.7 Å². The van der Waals surface area contributed by atoms with Gasteiger partial charge in [-0.1, -0.05) is 18.2 Å². The first kappa shape index (κ1) is 15.7. The maximum absolute atomic E-state index is 12.6. The average molecular weight is 341 g/mol. The summed E-state index contributed by atoms with van der Waals surface area (Å²) >= 11 is 0. The van der Waals surface area contributed by atoms with Gasteiger partial charge in [0.2, 0.25) is 0 Å². The molecule has 0 radical (unpaired) electrons. The molecule has 1 unspecified atom stereocenters. The monoisotopic (exact) mass is 341 g/mol. The van der Waals surface area contributed by atoms with Crippen molar-refractivity contribution in [3.8, 4) is 5.75 Å². The molecule has 7 nitrogen and oxygen atoms in total. The number of imidazole rings is 1. The average Bonchev–Trinajstić information content (AvgIpc) is 3.24. The van der Waals surface area contributed by atoms with Crippen molar-refractivity contribution < 1.29 is 19.4 Å². The quantitative estimate of drug-likeness (QED) is 0.796. The number of nitrogens with zero attached hydrogens (tertiary/aromatic N) is 1. The lowest BCUT2D eigenvalue weighted by atomic mass is 9.86. The number of carbonyl (C=O) groups excluding carboxylic acids is 1. The number of aromatic carboxylic acids is 1. The normalized spacial score (nSPS) is 20.7. The third kappa shape index (κ3) is 2.75. The van der Waals surface area contributed by atoms with Crippen LogP contribution in [0.2, 0.25) is 0 Å². The summed E-state index contributed by atoms with van der Waals surface area (Å²) in [6.45, 7) is 0. The zero-order chi connectivity index (χ0) is 17.4. The summed E-state index contributed by atoms with van der Waals surface area (Å²) < 4.78 is 6.28. The van der Waals surface area contributed by atoms with E-state index in [4.69, 9.17) is 9.84 Å². The predicted octanol–water partition coefficient (Wildman–Crippen LogP) is 2.67. The molecule has 1 aliphatic carbocycles. The maximum Gasteiger partial charge on any atom is 0.354 e. The van der Waals surface area contributed by atoms with Crippen molar-refractivity contribution in [1.82, 2.24) is 15.3 Å². The van der Waals surface area contributed by atoms with E-state index in [0.717, 1.165) is 37.0 Å². The van der Waals surface area contributed by atoms with Crippen LogP contribution in [0.25, 0.3) is 0 Å².